The van der Waals surface area contributed by atoms with E-state index in [9.17, 15) is 18.0 Å². The molecule has 1 aromatic carbocycles. The third-order valence-corrected chi connectivity index (χ3v) is 6.43. The number of amidine groups is 1. The molecule has 1 unspecified atom stereocenters. The highest BCUT2D eigenvalue weighted by molar-refractivity contribution is 7.91. The molecule has 2 aromatic rings. The number of nitrogens with one attached hydrogen (secondary N) is 2. The molecule has 0 fully saturated rings. The summed E-state index contributed by atoms with van der Waals surface area (Å²) in [6, 6.07) is 11.0. The largest absolute Gasteiger partial charge is 0.382 e. The lowest BCUT2D eigenvalue weighted by Crippen LogP contribution is -2.36. The average Bonchev–Trinajstić information content (AvgIpc) is 2.76. The van der Waals surface area contributed by atoms with Crippen molar-refractivity contribution in [3.05, 3.63) is 81.8 Å². The van der Waals surface area contributed by atoms with Crippen LogP contribution < -0.4 is 21.5 Å². The summed E-state index contributed by atoms with van der Waals surface area (Å²) in [4.78, 5) is 29.6. The van der Waals surface area contributed by atoms with Crippen LogP contribution >= 0.6 is 0 Å². The van der Waals surface area contributed by atoms with Gasteiger partial charge in [-0.3, -0.25) is 29.1 Å². The molecule has 0 saturated carbocycles. The van der Waals surface area contributed by atoms with E-state index >= 15 is 0 Å². The van der Waals surface area contributed by atoms with Gasteiger partial charge in [-0.25, -0.2) is 13.9 Å². The molecule has 5 N–H and O–H groups in total. The van der Waals surface area contributed by atoms with Crippen LogP contribution in [0.25, 0.3) is 5.70 Å². The minimum atomic E-state index is -3.90. The van der Waals surface area contributed by atoms with E-state index in [0.29, 0.717) is 22.4 Å². The van der Waals surface area contributed by atoms with Crippen molar-refractivity contribution in [2.45, 2.75) is 32.1 Å². The van der Waals surface area contributed by atoms with Gasteiger partial charge in [-0.1, -0.05) is 36.9 Å². The maximum atomic E-state index is 13.4. The number of aryl methyl sites for hydroxylation is 1. The normalized spacial score (nSPS) is 16.4. The fourth-order valence-corrected chi connectivity index (χ4v) is 4.73. The first-order valence-electron chi connectivity index (χ1n) is 10.0. The van der Waals surface area contributed by atoms with Gasteiger partial charge in [0, 0.05) is 5.69 Å². The fraction of sp³-hybridized carbons (Fsp3) is 0.227. The van der Waals surface area contributed by atoms with Crippen molar-refractivity contribution in [3.63, 3.8) is 0 Å². The van der Waals surface area contributed by atoms with Crippen molar-refractivity contribution in [2.24, 2.45) is 10.7 Å². The zero-order valence-electron chi connectivity index (χ0n) is 18.2. The SMILES string of the molecule is C=C1C(CC(=O)NO)=C(n2c(C)ccc(NS(=O)(=O)Cc3ccccc3)c2=O)C(N)=NC1C. The molecule has 33 heavy (non-hydrogen) atoms. The lowest BCUT2D eigenvalue weighted by Gasteiger charge is -2.27. The summed E-state index contributed by atoms with van der Waals surface area (Å²) in [6.45, 7) is 7.32. The highest BCUT2D eigenvalue weighted by Gasteiger charge is 2.28. The summed E-state index contributed by atoms with van der Waals surface area (Å²) in [6.07, 6.45) is -0.304. The number of nitrogens with two attached hydrogens (primary N) is 1. The Morgan fingerprint density at radius 2 is 1.91 bits per heavy atom. The molecule has 0 saturated heterocycles. The highest BCUT2D eigenvalue weighted by Crippen LogP contribution is 2.30. The van der Waals surface area contributed by atoms with Gasteiger partial charge in [0.15, 0.2) is 0 Å². The molecular weight excluding hydrogens is 446 g/mol. The first-order valence-corrected chi connectivity index (χ1v) is 11.7. The third kappa shape index (κ3) is 5.21. The van der Waals surface area contributed by atoms with Crippen molar-refractivity contribution >= 4 is 33.2 Å². The third-order valence-electron chi connectivity index (χ3n) is 5.18. The van der Waals surface area contributed by atoms with Crippen LogP contribution in [0, 0.1) is 6.92 Å². The molecule has 174 valence electrons. The molecule has 0 aliphatic carbocycles. The lowest BCUT2D eigenvalue weighted by atomic mass is 9.93. The smallest absolute Gasteiger partial charge is 0.279 e. The summed E-state index contributed by atoms with van der Waals surface area (Å²) in [5.74, 6) is -1.05. The van der Waals surface area contributed by atoms with Crippen LogP contribution in [0.15, 0.2) is 70.0 Å². The van der Waals surface area contributed by atoms with Crippen LogP contribution in [0.1, 0.15) is 24.6 Å². The number of hydrogen-bond donors (Lipinski definition) is 4. The van der Waals surface area contributed by atoms with E-state index in [1.807, 2.05) is 0 Å². The van der Waals surface area contributed by atoms with E-state index in [2.05, 4.69) is 16.3 Å². The fourth-order valence-electron chi connectivity index (χ4n) is 3.54. The number of dihydropyridines is 1. The number of carbonyl (C=O) groups is 1. The van der Waals surface area contributed by atoms with Crippen LogP contribution in [-0.2, 0) is 20.6 Å². The Hall–Kier alpha value is -3.70. The van der Waals surface area contributed by atoms with Crippen LogP contribution in [-0.4, -0.2) is 36.0 Å². The molecule has 10 nitrogen and oxygen atoms in total. The minimum absolute atomic E-state index is 0.00914. The predicted octanol–water partition coefficient (Wildman–Crippen LogP) is 1.52. The van der Waals surface area contributed by atoms with E-state index in [1.165, 1.54) is 10.6 Å². The van der Waals surface area contributed by atoms with Gasteiger partial charge in [0.1, 0.15) is 11.5 Å². The molecule has 0 bridgehead atoms. The van der Waals surface area contributed by atoms with Gasteiger partial charge in [-0.05, 0) is 42.7 Å². The topological polar surface area (TPSA) is 156 Å². The molecule has 1 amide bonds. The van der Waals surface area contributed by atoms with Crippen LogP contribution in [0.3, 0.4) is 0 Å². The molecule has 1 atom stereocenters. The van der Waals surface area contributed by atoms with E-state index in [1.54, 1.807) is 55.7 Å². The number of benzene rings is 1. The lowest BCUT2D eigenvalue weighted by molar-refractivity contribution is -0.128. The molecule has 0 radical (unpaired) electrons. The molecule has 3 rings (SSSR count). The maximum absolute atomic E-state index is 13.4. The minimum Gasteiger partial charge on any atom is -0.382 e. The van der Waals surface area contributed by atoms with Crippen molar-refractivity contribution in [1.82, 2.24) is 10.0 Å². The molecule has 1 aromatic heterocycles. The van der Waals surface area contributed by atoms with Crippen LogP contribution in [0.5, 0.6) is 0 Å². The quantitative estimate of drug-likeness (QED) is 0.354. The Kier molecular flexibility index (Phi) is 6.84. The summed E-state index contributed by atoms with van der Waals surface area (Å²) < 4.78 is 28.9. The maximum Gasteiger partial charge on any atom is 0.279 e. The predicted molar refractivity (Wildman–Crippen MR) is 126 cm³/mol. The Bertz CT molecular complexity index is 1330. The second-order valence-corrected chi connectivity index (χ2v) is 9.35. The van der Waals surface area contributed by atoms with Gasteiger partial charge < -0.3 is 5.73 Å². The molecular formula is C22H25N5O5S. The standard InChI is InChI=1S/C22H25N5O5S/c1-13-9-10-18(26-33(31,32)12-16-7-5-4-6-8-16)22(29)27(13)20-17(11-19(28)25-30)14(2)15(3)24-21(20)23/h4-10,15,26,30H,2,11-12H2,1,3H3,(H2,23,24)(H,25,28). The summed E-state index contributed by atoms with van der Waals surface area (Å²) in [5.41, 5.74) is 8.70. The van der Waals surface area contributed by atoms with Crippen molar-refractivity contribution in [2.75, 3.05) is 4.72 Å². The highest BCUT2D eigenvalue weighted by atomic mass is 32.2. The number of anilines is 1. The van der Waals surface area contributed by atoms with Gasteiger partial charge in [0.25, 0.3) is 5.56 Å². The van der Waals surface area contributed by atoms with E-state index < -0.39 is 27.5 Å². The number of hydrogen-bond acceptors (Lipinski definition) is 7. The number of sulfonamides is 1. The number of hydroxylamine groups is 1. The van der Waals surface area contributed by atoms with Gasteiger partial charge in [0.2, 0.25) is 15.9 Å². The Morgan fingerprint density at radius 1 is 1.24 bits per heavy atom. The zero-order chi connectivity index (χ0) is 24.3. The zero-order valence-corrected chi connectivity index (χ0v) is 19.0. The molecule has 0 spiro atoms. The Labute approximate surface area is 191 Å². The summed E-state index contributed by atoms with van der Waals surface area (Å²) in [7, 11) is -3.90. The number of rotatable bonds is 7. The van der Waals surface area contributed by atoms with Crippen molar-refractivity contribution < 1.29 is 18.4 Å². The summed E-state index contributed by atoms with van der Waals surface area (Å²) >= 11 is 0. The molecule has 1 aliphatic rings. The van der Waals surface area contributed by atoms with E-state index in [0.717, 1.165) is 0 Å². The van der Waals surface area contributed by atoms with Gasteiger partial charge in [0.05, 0.1) is 23.9 Å². The van der Waals surface area contributed by atoms with E-state index in [4.69, 9.17) is 10.9 Å². The van der Waals surface area contributed by atoms with Crippen molar-refractivity contribution in [3.8, 4) is 0 Å². The van der Waals surface area contributed by atoms with Gasteiger partial charge in [-0.2, -0.15) is 0 Å². The van der Waals surface area contributed by atoms with Gasteiger partial charge >= 0.3 is 0 Å². The molecule has 1 aliphatic heterocycles. The number of aromatic nitrogens is 1. The second-order valence-electron chi connectivity index (χ2n) is 7.63. The first kappa shape index (κ1) is 24.0. The van der Waals surface area contributed by atoms with Crippen LogP contribution in [0.4, 0.5) is 5.69 Å². The number of aliphatic imine (C=N–C) groups is 1. The molecule has 2 heterocycles. The number of carbonyl (C=O) groups excluding carboxylic acids is 1. The Morgan fingerprint density at radius 3 is 2.55 bits per heavy atom. The Balaban J connectivity index is 2.11. The number of nitrogens with zero attached hydrogens (tertiary/aromatic N) is 2. The van der Waals surface area contributed by atoms with Crippen LogP contribution in [0.2, 0.25) is 0 Å². The van der Waals surface area contributed by atoms with Gasteiger partial charge in [-0.15, -0.1) is 0 Å². The average molecular weight is 472 g/mol. The van der Waals surface area contributed by atoms with Crippen molar-refractivity contribution in [1.29, 1.82) is 0 Å². The molecule has 11 heteroatoms. The number of amides is 1. The number of pyridine rings is 1. The van der Waals surface area contributed by atoms with E-state index in [-0.39, 0.29) is 29.4 Å². The first-order chi connectivity index (χ1) is 15.5. The summed E-state index contributed by atoms with van der Waals surface area (Å²) in [5, 5.41) is 8.98. The second kappa shape index (κ2) is 9.43. The monoisotopic (exact) mass is 471 g/mol.